The Morgan fingerprint density at radius 2 is 1.61 bits per heavy atom. The van der Waals surface area contributed by atoms with E-state index in [1.165, 1.54) is 4.90 Å². The van der Waals surface area contributed by atoms with Crippen molar-refractivity contribution in [2.75, 3.05) is 13.1 Å². The molecular formula is C29H33N3O4. The first-order chi connectivity index (χ1) is 17.3. The highest BCUT2D eigenvalue weighted by molar-refractivity contribution is 5.88. The van der Waals surface area contributed by atoms with Gasteiger partial charge in [0.1, 0.15) is 25.0 Å². The van der Waals surface area contributed by atoms with Gasteiger partial charge in [0, 0.05) is 18.6 Å². The van der Waals surface area contributed by atoms with Gasteiger partial charge < -0.3 is 20.5 Å². The molecule has 1 heterocycles. The van der Waals surface area contributed by atoms with E-state index in [-0.39, 0.29) is 19.1 Å². The number of nitrogens with one attached hydrogen (secondary N) is 1. The van der Waals surface area contributed by atoms with Crippen LogP contribution in [0.5, 0.6) is 5.75 Å². The fourth-order valence-corrected chi connectivity index (χ4v) is 4.13. The van der Waals surface area contributed by atoms with Gasteiger partial charge in [-0.05, 0) is 54.7 Å². The number of hydrogen-bond acceptors (Lipinski definition) is 5. The van der Waals surface area contributed by atoms with E-state index in [2.05, 4.69) is 5.32 Å². The van der Waals surface area contributed by atoms with Crippen LogP contribution in [0.15, 0.2) is 78.9 Å². The molecule has 188 valence electrons. The van der Waals surface area contributed by atoms with Crippen LogP contribution in [0.25, 0.3) is 0 Å². The maximum Gasteiger partial charge on any atom is 0.411 e. The molecule has 1 unspecified atom stereocenters. The van der Waals surface area contributed by atoms with Gasteiger partial charge in [-0.2, -0.15) is 0 Å². The number of fused-ring (bicyclic) bond motifs is 1. The number of carbonyl (C=O) groups excluding carboxylic acids is 2. The second kappa shape index (κ2) is 11.3. The van der Waals surface area contributed by atoms with Crippen molar-refractivity contribution >= 4 is 12.0 Å². The molecule has 36 heavy (non-hydrogen) atoms. The molecule has 7 nitrogen and oxygen atoms in total. The monoisotopic (exact) mass is 487 g/mol. The van der Waals surface area contributed by atoms with Crippen LogP contribution in [-0.4, -0.2) is 35.5 Å². The van der Waals surface area contributed by atoms with Gasteiger partial charge in [-0.25, -0.2) is 4.79 Å². The molecule has 3 N–H and O–H groups in total. The van der Waals surface area contributed by atoms with Gasteiger partial charge in [0.15, 0.2) is 0 Å². The van der Waals surface area contributed by atoms with Crippen molar-refractivity contribution in [1.29, 1.82) is 0 Å². The van der Waals surface area contributed by atoms with E-state index in [0.717, 1.165) is 28.0 Å². The summed E-state index contributed by atoms with van der Waals surface area (Å²) >= 11 is 0. The molecule has 3 aromatic rings. The van der Waals surface area contributed by atoms with Crippen molar-refractivity contribution in [1.82, 2.24) is 10.2 Å². The van der Waals surface area contributed by atoms with Crippen LogP contribution in [0.1, 0.15) is 42.1 Å². The zero-order chi connectivity index (χ0) is 25.5. The lowest BCUT2D eigenvalue weighted by molar-refractivity contribution is -0.126. The van der Waals surface area contributed by atoms with Crippen LogP contribution in [0.2, 0.25) is 0 Å². The molecule has 0 bridgehead atoms. The molecule has 1 aliphatic rings. The van der Waals surface area contributed by atoms with Crippen LogP contribution in [-0.2, 0) is 29.2 Å². The Labute approximate surface area is 212 Å². The Morgan fingerprint density at radius 1 is 0.972 bits per heavy atom. The van der Waals surface area contributed by atoms with Crippen LogP contribution in [0.3, 0.4) is 0 Å². The van der Waals surface area contributed by atoms with Gasteiger partial charge in [-0.3, -0.25) is 9.69 Å². The van der Waals surface area contributed by atoms with Crippen molar-refractivity contribution in [3.05, 3.63) is 101 Å². The predicted molar refractivity (Wildman–Crippen MR) is 138 cm³/mol. The highest BCUT2D eigenvalue weighted by atomic mass is 16.6. The topological polar surface area (TPSA) is 93.9 Å². The Morgan fingerprint density at radius 3 is 2.25 bits per heavy atom. The minimum atomic E-state index is -0.817. The Kier molecular flexibility index (Phi) is 7.90. The van der Waals surface area contributed by atoms with Crippen LogP contribution in [0.4, 0.5) is 4.79 Å². The molecule has 0 radical (unpaired) electrons. The minimum absolute atomic E-state index is 0.138. The highest BCUT2D eigenvalue weighted by Crippen LogP contribution is 2.33. The summed E-state index contributed by atoms with van der Waals surface area (Å²) in [5, 5.41) is 2.91. The molecule has 1 aliphatic heterocycles. The largest absolute Gasteiger partial charge is 0.489 e. The van der Waals surface area contributed by atoms with Gasteiger partial charge in [0.05, 0.1) is 0 Å². The zero-order valence-electron chi connectivity index (χ0n) is 20.8. The molecule has 0 fully saturated rings. The number of nitrogens with zero attached hydrogens (tertiary/aromatic N) is 1. The van der Waals surface area contributed by atoms with E-state index >= 15 is 0 Å². The summed E-state index contributed by atoms with van der Waals surface area (Å²) in [7, 11) is 0. The molecule has 7 heteroatoms. The van der Waals surface area contributed by atoms with Crippen molar-refractivity contribution in [3.8, 4) is 5.75 Å². The smallest absolute Gasteiger partial charge is 0.411 e. The molecule has 3 aromatic carbocycles. The third-order valence-corrected chi connectivity index (χ3v) is 6.00. The van der Waals surface area contributed by atoms with Crippen molar-refractivity contribution in [3.63, 3.8) is 0 Å². The molecule has 2 amide bonds. The fourth-order valence-electron chi connectivity index (χ4n) is 4.13. The maximum absolute atomic E-state index is 13.3. The van der Waals surface area contributed by atoms with Crippen molar-refractivity contribution in [2.45, 2.75) is 45.1 Å². The first kappa shape index (κ1) is 25.3. The van der Waals surface area contributed by atoms with Gasteiger partial charge in [-0.15, -0.1) is 0 Å². The zero-order valence-corrected chi connectivity index (χ0v) is 20.8. The van der Waals surface area contributed by atoms with E-state index < -0.39 is 17.7 Å². The van der Waals surface area contributed by atoms with Gasteiger partial charge >= 0.3 is 6.09 Å². The summed E-state index contributed by atoms with van der Waals surface area (Å²) in [4.78, 5) is 27.9. The second-order valence-corrected chi connectivity index (χ2v) is 9.73. The summed E-state index contributed by atoms with van der Waals surface area (Å²) in [6, 6.07) is 24.3. The summed E-state index contributed by atoms with van der Waals surface area (Å²) in [6.45, 7) is 4.90. The van der Waals surface area contributed by atoms with Crippen LogP contribution >= 0.6 is 0 Å². The lowest BCUT2D eigenvalue weighted by Crippen LogP contribution is -2.51. The SMILES string of the molecule is CC(C)(N)CNC(=O)C1c2ccc(OCc3ccccc3)cc2CCN1C(=O)OCc1ccccc1. The molecule has 0 aromatic heterocycles. The summed E-state index contributed by atoms with van der Waals surface area (Å²) in [5.41, 5.74) is 9.19. The standard InChI is InChI=1S/C29H33N3O4/c1-29(2,30)20-31-27(33)26-25-14-13-24(35-18-21-9-5-3-6-10-21)17-23(25)15-16-32(26)28(34)36-19-22-11-7-4-8-12-22/h3-14,17,26H,15-16,18-20,30H2,1-2H3,(H,31,33). The number of amides is 2. The van der Waals surface area contributed by atoms with Gasteiger partial charge in [0.2, 0.25) is 5.91 Å². The van der Waals surface area contributed by atoms with E-state index in [9.17, 15) is 9.59 Å². The third-order valence-electron chi connectivity index (χ3n) is 6.00. The Hall–Kier alpha value is -3.84. The Bertz CT molecular complexity index is 1180. The lowest BCUT2D eigenvalue weighted by Gasteiger charge is -2.36. The number of ether oxygens (including phenoxy) is 2. The van der Waals surface area contributed by atoms with E-state index in [0.29, 0.717) is 19.6 Å². The molecule has 0 saturated heterocycles. The van der Waals surface area contributed by atoms with Crippen molar-refractivity contribution < 1.29 is 19.1 Å². The number of carbonyl (C=O) groups is 2. The van der Waals surface area contributed by atoms with E-state index in [4.69, 9.17) is 15.2 Å². The van der Waals surface area contributed by atoms with Crippen molar-refractivity contribution in [2.24, 2.45) is 5.73 Å². The van der Waals surface area contributed by atoms with E-state index in [1.54, 1.807) is 0 Å². The number of rotatable bonds is 8. The summed E-state index contributed by atoms with van der Waals surface area (Å²) < 4.78 is 11.6. The normalized spacial score (nSPS) is 15.1. The van der Waals surface area contributed by atoms with E-state index in [1.807, 2.05) is 92.7 Å². The number of nitrogens with two attached hydrogens (primary N) is 1. The van der Waals surface area contributed by atoms with Crippen LogP contribution < -0.4 is 15.8 Å². The molecule has 1 atom stereocenters. The van der Waals surface area contributed by atoms with Gasteiger partial charge in [-0.1, -0.05) is 66.7 Å². The minimum Gasteiger partial charge on any atom is -0.489 e. The van der Waals surface area contributed by atoms with Gasteiger partial charge in [0.25, 0.3) is 0 Å². The van der Waals surface area contributed by atoms with Crippen LogP contribution in [0, 0.1) is 0 Å². The molecule has 0 aliphatic carbocycles. The predicted octanol–water partition coefficient (Wildman–Crippen LogP) is 4.36. The maximum atomic E-state index is 13.3. The average molecular weight is 488 g/mol. The summed E-state index contributed by atoms with van der Waals surface area (Å²) in [5.74, 6) is 0.434. The average Bonchev–Trinajstić information content (AvgIpc) is 2.89. The molecule has 0 saturated carbocycles. The first-order valence-corrected chi connectivity index (χ1v) is 12.1. The molecular weight excluding hydrogens is 454 g/mol. The summed E-state index contributed by atoms with van der Waals surface area (Å²) in [6.07, 6.45) is 0.0610. The molecule has 0 spiro atoms. The molecule has 4 rings (SSSR count). The lowest BCUT2D eigenvalue weighted by atomic mass is 9.91. The first-order valence-electron chi connectivity index (χ1n) is 12.1. The second-order valence-electron chi connectivity index (χ2n) is 9.73. The number of hydrogen-bond donors (Lipinski definition) is 2. The quantitative estimate of drug-likeness (QED) is 0.493. The Balaban J connectivity index is 1.52. The third kappa shape index (κ3) is 6.64. The number of benzene rings is 3. The fraction of sp³-hybridized carbons (Fsp3) is 0.310. The highest BCUT2D eigenvalue weighted by Gasteiger charge is 2.37.